The number of ether oxygens (including phenoxy) is 1. The van der Waals surface area contributed by atoms with Crippen molar-refractivity contribution >= 4 is 11.6 Å². The molecule has 4 rings (SSSR count). The molecule has 3 heterocycles. The van der Waals surface area contributed by atoms with Gasteiger partial charge in [0.15, 0.2) is 0 Å². The first-order valence-corrected chi connectivity index (χ1v) is 10.4. The third-order valence-corrected chi connectivity index (χ3v) is 5.73. The van der Waals surface area contributed by atoms with Gasteiger partial charge in [-0.05, 0) is 43.7 Å². The van der Waals surface area contributed by atoms with E-state index in [-0.39, 0.29) is 35.7 Å². The summed E-state index contributed by atoms with van der Waals surface area (Å²) in [5.41, 5.74) is -3.30. The van der Waals surface area contributed by atoms with Crippen LogP contribution in [0, 0.1) is 11.6 Å². The first kappa shape index (κ1) is 24.7. The van der Waals surface area contributed by atoms with E-state index in [4.69, 9.17) is 4.74 Å². The number of amides is 1. The van der Waals surface area contributed by atoms with E-state index >= 15 is 0 Å². The average molecular weight is 493 g/mol. The molecule has 6 nitrogen and oxygen atoms in total. The predicted molar refractivity (Wildman–Crippen MR) is 115 cm³/mol. The second kappa shape index (κ2) is 8.65. The molecule has 2 aromatic heterocycles. The Morgan fingerprint density at radius 3 is 2.29 bits per heavy atom. The predicted octanol–water partition coefficient (Wildman–Crippen LogP) is 4.57. The van der Waals surface area contributed by atoms with E-state index in [1.165, 1.54) is 32.2 Å². The van der Waals surface area contributed by atoms with Gasteiger partial charge in [-0.25, -0.2) is 8.78 Å². The van der Waals surface area contributed by atoms with Crippen LogP contribution in [0.2, 0.25) is 0 Å². The first-order valence-electron chi connectivity index (χ1n) is 10.4. The average Bonchev–Trinajstić information content (AvgIpc) is 2.74. The van der Waals surface area contributed by atoms with Crippen LogP contribution in [-0.4, -0.2) is 34.2 Å². The number of anilines is 1. The van der Waals surface area contributed by atoms with Crippen molar-refractivity contribution in [3.05, 3.63) is 77.4 Å². The standard InChI is InChI=1S/C24H20F5N3O3/c1-22(2,34)16-8-20(24(27,28)29)31-10-15(16)13-3-6-19(30-9-13)23(11-35-12-23)21(33)32-18-5-4-14(25)7-17(18)26/h3-10,34H,11-12H2,1-2H3,(H,32,33). The summed E-state index contributed by atoms with van der Waals surface area (Å²) >= 11 is 0. The molecule has 0 aliphatic carbocycles. The highest BCUT2D eigenvalue weighted by atomic mass is 19.4. The van der Waals surface area contributed by atoms with E-state index in [9.17, 15) is 31.9 Å². The van der Waals surface area contributed by atoms with E-state index in [2.05, 4.69) is 15.3 Å². The van der Waals surface area contributed by atoms with Gasteiger partial charge in [0.1, 0.15) is 22.7 Å². The number of hydrogen-bond donors (Lipinski definition) is 2. The van der Waals surface area contributed by atoms with E-state index in [0.717, 1.165) is 24.4 Å². The monoisotopic (exact) mass is 493 g/mol. The number of benzene rings is 1. The van der Waals surface area contributed by atoms with Crippen molar-refractivity contribution in [3.63, 3.8) is 0 Å². The number of nitrogens with zero attached hydrogens (tertiary/aromatic N) is 2. The van der Waals surface area contributed by atoms with Gasteiger partial charge in [-0.2, -0.15) is 13.2 Å². The lowest BCUT2D eigenvalue weighted by molar-refractivity contribution is -0.141. The van der Waals surface area contributed by atoms with Crippen molar-refractivity contribution in [1.29, 1.82) is 0 Å². The summed E-state index contributed by atoms with van der Waals surface area (Å²) in [4.78, 5) is 20.8. The lowest BCUT2D eigenvalue weighted by Crippen LogP contribution is -2.56. The van der Waals surface area contributed by atoms with Gasteiger partial charge in [-0.15, -0.1) is 0 Å². The van der Waals surface area contributed by atoms with Crippen molar-refractivity contribution in [2.24, 2.45) is 0 Å². The Kier molecular flexibility index (Phi) is 6.10. The molecule has 0 unspecified atom stereocenters. The normalized spacial score (nSPS) is 15.4. The first-order chi connectivity index (χ1) is 16.3. The topological polar surface area (TPSA) is 84.3 Å². The number of pyridine rings is 2. The third-order valence-electron chi connectivity index (χ3n) is 5.73. The van der Waals surface area contributed by atoms with Crippen LogP contribution in [-0.2, 0) is 26.7 Å². The minimum atomic E-state index is -4.69. The SMILES string of the molecule is CC(C)(O)c1cc(C(F)(F)F)ncc1-c1ccc(C2(C(=O)Nc3ccc(F)cc3F)COC2)nc1. The highest BCUT2D eigenvalue weighted by molar-refractivity contribution is 6.00. The fourth-order valence-electron chi connectivity index (χ4n) is 3.72. The summed E-state index contributed by atoms with van der Waals surface area (Å²) in [5.74, 6) is -2.34. The second-order valence-corrected chi connectivity index (χ2v) is 8.76. The maximum Gasteiger partial charge on any atom is 0.433 e. The van der Waals surface area contributed by atoms with Gasteiger partial charge in [0, 0.05) is 29.6 Å². The van der Waals surface area contributed by atoms with E-state index in [1.54, 1.807) is 0 Å². The molecule has 1 aromatic carbocycles. The summed E-state index contributed by atoms with van der Waals surface area (Å²) in [5, 5.41) is 12.9. The van der Waals surface area contributed by atoms with Crippen molar-refractivity contribution in [1.82, 2.24) is 9.97 Å². The van der Waals surface area contributed by atoms with Gasteiger partial charge in [0.05, 0.1) is 30.2 Å². The Hall–Kier alpha value is -3.44. The van der Waals surface area contributed by atoms with Crippen LogP contribution in [0.15, 0.2) is 48.8 Å². The molecular weight excluding hydrogens is 473 g/mol. The van der Waals surface area contributed by atoms with Crippen LogP contribution in [0.4, 0.5) is 27.6 Å². The minimum Gasteiger partial charge on any atom is -0.386 e. The molecule has 1 fully saturated rings. The number of hydrogen-bond acceptors (Lipinski definition) is 5. The summed E-state index contributed by atoms with van der Waals surface area (Å²) in [6, 6.07) is 6.58. The molecule has 1 aliphatic heterocycles. The number of carbonyl (C=O) groups is 1. The fraction of sp³-hybridized carbons (Fsp3) is 0.292. The number of rotatable bonds is 5. The Bertz CT molecular complexity index is 1270. The lowest BCUT2D eigenvalue weighted by Gasteiger charge is -2.39. The zero-order valence-electron chi connectivity index (χ0n) is 18.6. The van der Waals surface area contributed by atoms with E-state index < -0.39 is 40.4 Å². The van der Waals surface area contributed by atoms with Crippen molar-refractivity contribution in [2.45, 2.75) is 31.0 Å². The molecule has 0 atom stereocenters. The van der Waals surface area contributed by atoms with Crippen LogP contribution in [0.5, 0.6) is 0 Å². The lowest BCUT2D eigenvalue weighted by atomic mass is 9.80. The molecule has 0 saturated carbocycles. The number of alkyl halides is 3. The van der Waals surface area contributed by atoms with Crippen molar-refractivity contribution in [3.8, 4) is 11.1 Å². The maximum atomic E-state index is 14.0. The molecule has 0 spiro atoms. The molecule has 35 heavy (non-hydrogen) atoms. The van der Waals surface area contributed by atoms with Gasteiger partial charge in [-0.1, -0.05) is 6.07 Å². The third kappa shape index (κ3) is 4.73. The Morgan fingerprint density at radius 1 is 1.06 bits per heavy atom. The zero-order valence-corrected chi connectivity index (χ0v) is 18.6. The second-order valence-electron chi connectivity index (χ2n) is 8.76. The molecule has 0 bridgehead atoms. The van der Waals surface area contributed by atoms with Gasteiger partial charge in [0.25, 0.3) is 0 Å². The van der Waals surface area contributed by atoms with Gasteiger partial charge in [-0.3, -0.25) is 14.8 Å². The van der Waals surface area contributed by atoms with Crippen molar-refractivity contribution in [2.75, 3.05) is 18.5 Å². The van der Waals surface area contributed by atoms with E-state index in [1.807, 2.05) is 0 Å². The van der Waals surface area contributed by atoms with Gasteiger partial charge < -0.3 is 15.2 Å². The van der Waals surface area contributed by atoms with Gasteiger partial charge >= 0.3 is 6.18 Å². The summed E-state index contributed by atoms with van der Waals surface area (Å²) in [7, 11) is 0. The molecular formula is C24H20F5N3O3. The molecule has 1 saturated heterocycles. The highest BCUT2D eigenvalue weighted by Crippen LogP contribution is 2.38. The number of nitrogens with one attached hydrogen (secondary N) is 1. The zero-order chi connectivity index (χ0) is 25.6. The van der Waals surface area contributed by atoms with Crippen LogP contribution < -0.4 is 5.32 Å². The van der Waals surface area contributed by atoms with Gasteiger partial charge in [0.2, 0.25) is 5.91 Å². The Balaban J connectivity index is 1.66. The number of aliphatic hydroxyl groups is 1. The number of aromatic nitrogens is 2. The summed E-state index contributed by atoms with van der Waals surface area (Å²) < 4.78 is 71.8. The molecule has 1 amide bonds. The largest absolute Gasteiger partial charge is 0.433 e. The van der Waals surface area contributed by atoms with E-state index in [0.29, 0.717) is 11.6 Å². The Labute approximate surface area is 196 Å². The molecule has 1 aliphatic rings. The molecule has 3 aromatic rings. The molecule has 2 N–H and O–H groups in total. The summed E-state index contributed by atoms with van der Waals surface area (Å²) in [6.45, 7) is 2.64. The number of halogens is 5. The summed E-state index contributed by atoms with van der Waals surface area (Å²) in [6.07, 6.45) is -2.33. The van der Waals surface area contributed by atoms with Crippen LogP contribution in [0.1, 0.15) is 30.8 Å². The molecule has 11 heteroatoms. The van der Waals surface area contributed by atoms with Crippen molar-refractivity contribution < 1.29 is 36.6 Å². The fourth-order valence-corrected chi connectivity index (χ4v) is 3.72. The highest BCUT2D eigenvalue weighted by Gasteiger charge is 2.49. The molecule has 184 valence electrons. The Morgan fingerprint density at radius 2 is 1.77 bits per heavy atom. The smallest absolute Gasteiger partial charge is 0.386 e. The molecule has 0 radical (unpaired) electrons. The number of carbonyl (C=O) groups excluding carboxylic acids is 1. The maximum absolute atomic E-state index is 14.0. The minimum absolute atomic E-state index is 0.000550. The quantitative estimate of drug-likeness (QED) is 0.509. The van der Waals surface area contributed by atoms with Crippen LogP contribution in [0.25, 0.3) is 11.1 Å². The van der Waals surface area contributed by atoms with Crippen LogP contribution >= 0.6 is 0 Å². The van der Waals surface area contributed by atoms with Crippen LogP contribution in [0.3, 0.4) is 0 Å².